The van der Waals surface area contributed by atoms with Crippen LogP contribution < -0.4 is 0 Å². The van der Waals surface area contributed by atoms with Crippen LogP contribution in [0.3, 0.4) is 0 Å². The van der Waals surface area contributed by atoms with Gasteiger partial charge in [0.2, 0.25) is 0 Å². The SMILES string of the molecule is O=C(Cc1ccc(Br)cc1Cl)c1ccc(F)c(F)c1. The second kappa shape index (κ2) is 5.80. The Morgan fingerprint density at radius 3 is 2.47 bits per heavy atom. The number of hydrogen-bond acceptors (Lipinski definition) is 1. The lowest BCUT2D eigenvalue weighted by Crippen LogP contribution is -2.05. The summed E-state index contributed by atoms with van der Waals surface area (Å²) in [4.78, 5) is 12.0. The Kier molecular flexibility index (Phi) is 4.32. The molecular weight excluding hydrogens is 338 g/mol. The molecule has 2 aromatic carbocycles. The van der Waals surface area contributed by atoms with Gasteiger partial charge in [0.1, 0.15) is 0 Å². The van der Waals surface area contributed by atoms with Crippen LogP contribution >= 0.6 is 27.5 Å². The van der Waals surface area contributed by atoms with Crippen molar-refractivity contribution in [3.8, 4) is 0 Å². The van der Waals surface area contributed by atoms with Gasteiger partial charge >= 0.3 is 0 Å². The van der Waals surface area contributed by atoms with E-state index >= 15 is 0 Å². The highest BCUT2D eigenvalue weighted by Crippen LogP contribution is 2.23. The van der Waals surface area contributed by atoms with E-state index in [0.29, 0.717) is 10.6 Å². The van der Waals surface area contributed by atoms with Gasteiger partial charge in [0.25, 0.3) is 0 Å². The topological polar surface area (TPSA) is 17.1 Å². The van der Waals surface area contributed by atoms with E-state index in [-0.39, 0.29) is 17.8 Å². The highest BCUT2D eigenvalue weighted by atomic mass is 79.9. The molecule has 0 heterocycles. The molecule has 0 radical (unpaired) electrons. The zero-order valence-electron chi connectivity index (χ0n) is 9.59. The van der Waals surface area contributed by atoms with Gasteiger partial charge in [-0.25, -0.2) is 8.78 Å². The van der Waals surface area contributed by atoms with Crippen LogP contribution in [0.2, 0.25) is 5.02 Å². The second-order valence-corrected chi connectivity index (χ2v) is 5.29. The third-order valence-electron chi connectivity index (χ3n) is 2.61. The summed E-state index contributed by atoms with van der Waals surface area (Å²) < 4.78 is 26.6. The highest BCUT2D eigenvalue weighted by molar-refractivity contribution is 9.10. The molecule has 0 aromatic heterocycles. The average molecular weight is 346 g/mol. The van der Waals surface area contributed by atoms with Gasteiger partial charge in [0, 0.05) is 21.5 Å². The Hall–Kier alpha value is -1.26. The molecule has 0 fully saturated rings. The molecule has 2 rings (SSSR count). The van der Waals surface area contributed by atoms with Crippen molar-refractivity contribution in [3.05, 3.63) is 68.7 Å². The van der Waals surface area contributed by atoms with Crippen LogP contribution in [0.15, 0.2) is 40.9 Å². The fraction of sp³-hybridized carbons (Fsp3) is 0.0714. The smallest absolute Gasteiger partial charge is 0.167 e. The van der Waals surface area contributed by atoms with Crippen LogP contribution in [-0.2, 0) is 6.42 Å². The average Bonchev–Trinajstić information content (AvgIpc) is 2.36. The van der Waals surface area contributed by atoms with Crippen LogP contribution in [-0.4, -0.2) is 5.78 Å². The first-order chi connectivity index (χ1) is 8.97. The van der Waals surface area contributed by atoms with Gasteiger partial charge in [-0.1, -0.05) is 33.6 Å². The molecule has 2 aromatic rings. The molecular formula is C14H8BrClF2O. The van der Waals surface area contributed by atoms with E-state index in [1.54, 1.807) is 18.2 Å². The molecule has 0 aliphatic heterocycles. The molecule has 0 spiro atoms. The van der Waals surface area contributed by atoms with Gasteiger partial charge in [0.05, 0.1) is 0 Å². The Morgan fingerprint density at radius 1 is 1.11 bits per heavy atom. The Labute approximate surface area is 122 Å². The first kappa shape index (κ1) is 14.2. The number of carbonyl (C=O) groups excluding carboxylic acids is 1. The number of carbonyl (C=O) groups is 1. The standard InChI is InChI=1S/C14H8BrClF2O/c15-10-3-1-8(11(16)7-10)6-14(19)9-2-4-12(17)13(18)5-9/h1-5,7H,6H2. The van der Waals surface area contributed by atoms with Gasteiger partial charge < -0.3 is 0 Å². The van der Waals surface area contributed by atoms with Crippen molar-refractivity contribution < 1.29 is 13.6 Å². The summed E-state index contributed by atoms with van der Waals surface area (Å²) in [6.07, 6.45) is 0.0389. The van der Waals surface area contributed by atoms with Crippen molar-refractivity contribution in [2.75, 3.05) is 0 Å². The summed E-state index contributed by atoms with van der Waals surface area (Å²) in [6, 6.07) is 8.24. The van der Waals surface area contributed by atoms with Crippen molar-refractivity contribution in [2.45, 2.75) is 6.42 Å². The molecule has 0 bridgehead atoms. The second-order valence-electron chi connectivity index (χ2n) is 3.96. The fourth-order valence-electron chi connectivity index (χ4n) is 1.61. The molecule has 0 aliphatic rings. The summed E-state index contributed by atoms with van der Waals surface area (Å²) >= 11 is 9.27. The van der Waals surface area contributed by atoms with E-state index in [1.807, 2.05) is 0 Å². The lowest BCUT2D eigenvalue weighted by atomic mass is 10.0. The third-order valence-corrected chi connectivity index (χ3v) is 3.45. The molecule has 0 saturated carbocycles. The minimum Gasteiger partial charge on any atom is -0.294 e. The van der Waals surface area contributed by atoms with Gasteiger partial charge in [-0.3, -0.25) is 4.79 Å². The van der Waals surface area contributed by atoms with Crippen molar-refractivity contribution in [1.82, 2.24) is 0 Å². The van der Waals surface area contributed by atoms with Crippen LogP contribution in [0.5, 0.6) is 0 Å². The van der Waals surface area contributed by atoms with Crippen LogP contribution in [0.25, 0.3) is 0 Å². The molecule has 0 atom stereocenters. The van der Waals surface area contributed by atoms with Crippen molar-refractivity contribution in [3.63, 3.8) is 0 Å². The molecule has 0 amide bonds. The molecule has 19 heavy (non-hydrogen) atoms. The lowest BCUT2D eigenvalue weighted by molar-refractivity contribution is 0.0992. The summed E-state index contributed by atoms with van der Waals surface area (Å²) in [5.74, 6) is -2.32. The summed E-state index contributed by atoms with van der Waals surface area (Å²) in [5, 5.41) is 0.449. The Balaban J connectivity index is 2.23. The van der Waals surface area contributed by atoms with Gasteiger partial charge in [-0.05, 0) is 35.9 Å². The summed E-state index contributed by atoms with van der Waals surface area (Å²) in [6.45, 7) is 0. The first-order valence-electron chi connectivity index (χ1n) is 5.39. The van der Waals surface area contributed by atoms with E-state index in [1.165, 1.54) is 6.07 Å². The number of hydrogen-bond donors (Lipinski definition) is 0. The minimum atomic E-state index is -1.03. The quantitative estimate of drug-likeness (QED) is 0.730. The maximum Gasteiger partial charge on any atom is 0.167 e. The zero-order valence-corrected chi connectivity index (χ0v) is 11.9. The normalized spacial score (nSPS) is 10.5. The molecule has 0 N–H and O–H groups in total. The van der Waals surface area contributed by atoms with Crippen LogP contribution in [0.4, 0.5) is 8.78 Å². The van der Waals surface area contributed by atoms with Crippen LogP contribution in [0, 0.1) is 11.6 Å². The third kappa shape index (κ3) is 3.39. The van der Waals surface area contributed by atoms with Gasteiger partial charge in [0.15, 0.2) is 17.4 Å². The maximum absolute atomic E-state index is 13.1. The Morgan fingerprint density at radius 2 is 1.84 bits per heavy atom. The van der Waals surface area contributed by atoms with E-state index in [0.717, 1.165) is 16.6 Å². The largest absolute Gasteiger partial charge is 0.294 e. The number of ketones is 1. The van der Waals surface area contributed by atoms with E-state index in [2.05, 4.69) is 15.9 Å². The van der Waals surface area contributed by atoms with Crippen molar-refractivity contribution in [2.24, 2.45) is 0 Å². The molecule has 5 heteroatoms. The predicted molar refractivity (Wildman–Crippen MR) is 73.5 cm³/mol. The first-order valence-corrected chi connectivity index (χ1v) is 6.56. The molecule has 0 saturated heterocycles. The maximum atomic E-state index is 13.1. The van der Waals surface area contributed by atoms with Gasteiger partial charge in [-0.15, -0.1) is 0 Å². The zero-order chi connectivity index (χ0) is 14.0. The summed E-state index contributed by atoms with van der Waals surface area (Å²) in [5.41, 5.74) is 0.762. The number of Topliss-reactive ketones (excluding diaryl/α,β-unsaturated/α-hetero) is 1. The summed E-state index contributed by atoms with van der Waals surface area (Å²) in [7, 11) is 0. The van der Waals surface area contributed by atoms with Crippen molar-refractivity contribution in [1.29, 1.82) is 0 Å². The number of halogens is 4. The van der Waals surface area contributed by atoms with Crippen molar-refractivity contribution >= 4 is 33.3 Å². The monoisotopic (exact) mass is 344 g/mol. The predicted octanol–water partition coefficient (Wildman–Crippen LogP) is 4.81. The van der Waals surface area contributed by atoms with E-state index in [9.17, 15) is 13.6 Å². The van der Waals surface area contributed by atoms with Gasteiger partial charge in [-0.2, -0.15) is 0 Å². The van der Waals surface area contributed by atoms with E-state index in [4.69, 9.17) is 11.6 Å². The lowest BCUT2D eigenvalue weighted by Gasteiger charge is -2.05. The fourth-order valence-corrected chi connectivity index (χ4v) is 2.35. The highest BCUT2D eigenvalue weighted by Gasteiger charge is 2.12. The molecule has 0 aliphatic carbocycles. The molecule has 98 valence electrons. The number of benzene rings is 2. The minimum absolute atomic E-state index is 0.0389. The van der Waals surface area contributed by atoms with Crippen LogP contribution in [0.1, 0.15) is 15.9 Å². The molecule has 0 unspecified atom stereocenters. The van der Waals surface area contributed by atoms with E-state index < -0.39 is 11.6 Å². The molecule has 1 nitrogen and oxygen atoms in total. The Bertz CT molecular complexity index is 643. The number of rotatable bonds is 3.